The molecule has 0 aromatic heterocycles. The lowest BCUT2D eigenvalue weighted by molar-refractivity contribution is -0.447. The Hall–Kier alpha value is -1.51. The number of nitrogens with one attached hydrogen (secondary N) is 2. The molecule has 1 atom stereocenters. The summed E-state index contributed by atoms with van der Waals surface area (Å²) in [6.07, 6.45) is 0. The highest BCUT2D eigenvalue weighted by molar-refractivity contribution is 5.99. The van der Waals surface area contributed by atoms with E-state index >= 15 is 0 Å². The van der Waals surface area contributed by atoms with Gasteiger partial charge in [-0.3, -0.25) is 10.3 Å². The Labute approximate surface area is 77.7 Å². The third kappa shape index (κ3) is 1.49. The lowest BCUT2D eigenvalue weighted by Crippen LogP contribution is -2.71. The van der Waals surface area contributed by atoms with Crippen LogP contribution in [0.4, 0.5) is 5.69 Å². The SMILES string of the molecule is C[C@H]1C[NH+]=C(c2ccccc2N)N1. The van der Waals surface area contributed by atoms with Gasteiger partial charge in [-0.25, -0.2) is 0 Å². The zero-order chi connectivity index (χ0) is 9.26. The average molecular weight is 176 g/mol. The maximum Gasteiger partial charge on any atom is 0.277 e. The smallest absolute Gasteiger partial charge is 0.277 e. The van der Waals surface area contributed by atoms with E-state index in [-0.39, 0.29) is 0 Å². The molecule has 13 heavy (non-hydrogen) atoms. The van der Waals surface area contributed by atoms with Gasteiger partial charge < -0.3 is 5.73 Å². The summed E-state index contributed by atoms with van der Waals surface area (Å²) in [5.41, 5.74) is 7.72. The Bertz CT molecular complexity index is 344. The van der Waals surface area contributed by atoms with Gasteiger partial charge in [0, 0.05) is 5.69 Å². The second kappa shape index (κ2) is 3.09. The molecule has 0 aliphatic carbocycles. The lowest BCUT2D eigenvalue weighted by Gasteiger charge is -2.01. The molecule has 1 aromatic carbocycles. The van der Waals surface area contributed by atoms with E-state index in [1.54, 1.807) is 0 Å². The minimum absolute atomic E-state index is 0.481. The maximum atomic E-state index is 5.84. The molecular weight excluding hydrogens is 162 g/mol. The Morgan fingerprint density at radius 3 is 2.85 bits per heavy atom. The number of nitrogen functional groups attached to an aromatic ring is 1. The Kier molecular flexibility index (Phi) is 1.93. The standard InChI is InChI=1S/C10H13N3/c1-7-6-12-10(13-7)8-4-2-3-5-9(8)11/h2-5,7H,6,11H2,1H3,(H,12,13)/p+1/t7-/m0/s1. The van der Waals surface area contributed by atoms with Gasteiger partial charge in [0.1, 0.15) is 12.6 Å². The van der Waals surface area contributed by atoms with Crippen LogP contribution in [0.15, 0.2) is 24.3 Å². The van der Waals surface area contributed by atoms with Crippen molar-refractivity contribution in [1.82, 2.24) is 5.32 Å². The van der Waals surface area contributed by atoms with Gasteiger partial charge in [0.25, 0.3) is 5.84 Å². The maximum absolute atomic E-state index is 5.84. The number of para-hydroxylation sites is 1. The van der Waals surface area contributed by atoms with Crippen LogP contribution in [0.3, 0.4) is 0 Å². The number of anilines is 1. The van der Waals surface area contributed by atoms with Crippen LogP contribution in [0.2, 0.25) is 0 Å². The predicted octanol–water partition coefficient (Wildman–Crippen LogP) is -0.912. The van der Waals surface area contributed by atoms with Crippen LogP contribution in [0, 0.1) is 0 Å². The molecular formula is C10H14N3+. The Morgan fingerprint density at radius 1 is 1.46 bits per heavy atom. The average Bonchev–Trinajstić information content (AvgIpc) is 2.53. The van der Waals surface area contributed by atoms with Gasteiger partial charge >= 0.3 is 0 Å². The summed E-state index contributed by atoms with van der Waals surface area (Å²) >= 11 is 0. The third-order valence-electron chi connectivity index (χ3n) is 2.21. The van der Waals surface area contributed by atoms with E-state index < -0.39 is 0 Å². The Morgan fingerprint density at radius 2 is 2.23 bits per heavy atom. The van der Waals surface area contributed by atoms with Crippen LogP contribution >= 0.6 is 0 Å². The summed E-state index contributed by atoms with van der Waals surface area (Å²) in [5, 5.41) is 3.34. The molecule has 0 radical (unpaired) electrons. The predicted molar refractivity (Wildman–Crippen MR) is 53.4 cm³/mol. The quantitative estimate of drug-likeness (QED) is 0.485. The molecule has 0 saturated heterocycles. The molecule has 4 N–H and O–H groups in total. The fourth-order valence-corrected chi connectivity index (χ4v) is 1.50. The molecule has 1 aliphatic heterocycles. The zero-order valence-corrected chi connectivity index (χ0v) is 7.67. The Balaban J connectivity index is 2.31. The summed E-state index contributed by atoms with van der Waals surface area (Å²) in [7, 11) is 0. The molecule has 0 amide bonds. The van der Waals surface area contributed by atoms with Crippen LogP contribution in [0.1, 0.15) is 12.5 Å². The number of hydrogen-bond donors (Lipinski definition) is 3. The van der Waals surface area contributed by atoms with Gasteiger partial charge in [0.15, 0.2) is 0 Å². The van der Waals surface area contributed by atoms with Crippen LogP contribution in [-0.4, -0.2) is 18.4 Å². The highest BCUT2D eigenvalue weighted by Gasteiger charge is 2.22. The molecule has 0 fully saturated rings. The summed E-state index contributed by atoms with van der Waals surface area (Å²) in [6, 6.07) is 8.34. The molecule has 2 rings (SSSR count). The number of nitrogens with two attached hydrogens (primary N) is 1. The number of rotatable bonds is 1. The largest absolute Gasteiger partial charge is 0.398 e. The van der Waals surface area contributed by atoms with Gasteiger partial charge in [-0.05, 0) is 19.1 Å². The van der Waals surface area contributed by atoms with Crippen molar-refractivity contribution in [2.24, 2.45) is 0 Å². The normalized spacial score (nSPS) is 21.0. The van der Waals surface area contributed by atoms with E-state index in [1.165, 1.54) is 0 Å². The fourth-order valence-electron chi connectivity index (χ4n) is 1.50. The number of amidine groups is 1. The minimum Gasteiger partial charge on any atom is -0.398 e. The van der Waals surface area contributed by atoms with Gasteiger partial charge in [-0.2, -0.15) is 0 Å². The molecule has 0 bridgehead atoms. The van der Waals surface area contributed by atoms with Crippen LogP contribution in [0.25, 0.3) is 0 Å². The van der Waals surface area contributed by atoms with Crippen molar-refractivity contribution in [3.8, 4) is 0 Å². The monoisotopic (exact) mass is 176 g/mol. The van der Waals surface area contributed by atoms with E-state index in [9.17, 15) is 0 Å². The van der Waals surface area contributed by atoms with E-state index in [1.807, 2.05) is 24.3 Å². The van der Waals surface area contributed by atoms with Crippen molar-refractivity contribution in [3.05, 3.63) is 29.8 Å². The second-order valence-electron chi connectivity index (χ2n) is 3.39. The molecule has 3 nitrogen and oxygen atoms in total. The zero-order valence-electron chi connectivity index (χ0n) is 7.67. The molecule has 68 valence electrons. The minimum atomic E-state index is 0.481. The van der Waals surface area contributed by atoms with Gasteiger partial charge in [0.05, 0.1) is 5.56 Å². The first-order valence-electron chi connectivity index (χ1n) is 4.49. The molecule has 0 spiro atoms. The van der Waals surface area contributed by atoms with E-state index in [0.717, 1.165) is 23.6 Å². The van der Waals surface area contributed by atoms with Crippen LogP contribution in [-0.2, 0) is 0 Å². The highest BCUT2D eigenvalue weighted by Crippen LogP contribution is 2.09. The summed E-state index contributed by atoms with van der Waals surface area (Å²) < 4.78 is 0. The van der Waals surface area contributed by atoms with Crippen molar-refractivity contribution < 1.29 is 4.99 Å². The van der Waals surface area contributed by atoms with Crippen molar-refractivity contribution >= 4 is 11.5 Å². The summed E-state index contributed by atoms with van der Waals surface area (Å²) in [4.78, 5) is 3.29. The lowest BCUT2D eigenvalue weighted by atomic mass is 10.1. The topological polar surface area (TPSA) is 52.0 Å². The molecule has 0 saturated carbocycles. The van der Waals surface area contributed by atoms with Gasteiger partial charge in [-0.1, -0.05) is 12.1 Å². The van der Waals surface area contributed by atoms with Crippen molar-refractivity contribution in [3.63, 3.8) is 0 Å². The van der Waals surface area contributed by atoms with E-state index in [2.05, 4.69) is 17.2 Å². The first-order chi connectivity index (χ1) is 6.27. The van der Waals surface area contributed by atoms with Gasteiger partial charge in [0.2, 0.25) is 0 Å². The van der Waals surface area contributed by atoms with Gasteiger partial charge in [-0.15, -0.1) is 0 Å². The molecule has 1 heterocycles. The summed E-state index contributed by atoms with van der Waals surface area (Å²) in [6.45, 7) is 3.10. The van der Waals surface area contributed by atoms with Crippen LogP contribution < -0.4 is 16.0 Å². The number of benzene rings is 1. The van der Waals surface area contributed by atoms with E-state index in [4.69, 9.17) is 5.73 Å². The van der Waals surface area contributed by atoms with E-state index in [0.29, 0.717) is 6.04 Å². The first-order valence-corrected chi connectivity index (χ1v) is 4.49. The van der Waals surface area contributed by atoms with Crippen molar-refractivity contribution in [2.75, 3.05) is 12.3 Å². The van der Waals surface area contributed by atoms with Crippen LogP contribution in [0.5, 0.6) is 0 Å². The summed E-state index contributed by atoms with van der Waals surface area (Å²) in [5.74, 6) is 1.05. The molecule has 1 aromatic rings. The number of hydrogen-bond acceptors (Lipinski definition) is 2. The fraction of sp³-hybridized carbons (Fsp3) is 0.300. The van der Waals surface area contributed by atoms with Crippen molar-refractivity contribution in [2.45, 2.75) is 13.0 Å². The highest BCUT2D eigenvalue weighted by atomic mass is 15.1. The first kappa shape index (κ1) is 8.10. The third-order valence-corrected chi connectivity index (χ3v) is 2.21. The second-order valence-corrected chi connectivity index (χ2v) is 3.39. The molecule has 3 heteroatoms. The van der Waals surface area contributed by atoms with Crippen molar-refractivity contribution in [1.29, 1.82) is 0 Å². The molecule has 0 unspecified atom stereocenters. The molecule has 1 aliphatic rings.